The van der Waals surface area contributed by atoms with Crippen LogP contribution in [0.1, 0.15) is 10.4 Å². The van der Waals surface area contributed by atoms with Gasteiger partial charge in [-0.15, -0.1) is 0 Å². The molecule has 0 saturated heterocycles. The number of carboxylic acid groups (broad SMARTS) is 1. The second-order valence-corrected chi connectivity index (χ2v) is 6.06. The number of hydrogen-bond acceptors (Lipinski definition) is 4. The van der Waals surface area contributed by atoms with Crippen LogP contribution in [0.25, 0.3) is 10.9 Å². The van der Waals surface area contributed by atoms with Gasteiger partial charge in [-0.05, 0) is 36.4 Å². The number of para-hydroxylation sites is 1. The number of benzene rings is 2. The van der Waals surface area contributed by atoms with Crippen molar-refractivity contribution in [2.24, 2.45) is 0 Å². The van der Waals surface area contributed by atoms with Gasteiger partial charge in [-0.1, -0.05) is 36.0 Å². The Morgan fingerprint density at radius 3 is 2.50 bits per heavy atom. The highest BCUT2D eigenvalue weighted by Gasteiger charge is 2.07. The number of nitrogens with zero attached hydrogens (tertiary/aromatic N) is 1. The summed E-state index contributed by atoms with van der Waals surface area (Å²) in [5.41, 5.74) is 1.65. The lowest BCUT2D eigenvalue weighted by Gasteiger charge is -2.06. The molecule has 0 bridgehead atoms. The number of carbonyl (C=O) groups excluding carboxylic acids is 1. The maximum absolute atomic E-state index is 12.0. The third-order valence-corrected chi connectivity index (χ3v) is 4.27. The van der Waals surface area contributed by atoms with Crippen LogP contribution < -0.4 is 5.32 Å². The average molecular weight is 338 g/mol. The number of aromatic nitrogens is 1. The molecule has 2 aromatic carbocycles. The first-order chi connectivity index (χ1) is 11.6. The van der Waals surface area contributed by atoms with Crippen LogP contribution in [0.5, 0.6) is 0 Å². The van der Waals surface area contributed by atoms with Gasteiger partial charge >= 0.3 is 5.97 Å². The van der Waals surface area contributed by atoms with Crippen LogP contribution in [-0.4, -0.2) is 27.7 Å². The van der Waals surface area contributed by atoms with Crippen LogP contribution in [0.15, 0.2) is 65.7 Å². The van der Waals surface area contributed by atoms with E-state index in [1.807, 2.05) is 36.4 Å². The van der Waals surface area contributed by atoms with Crippen molar-refractivity contribution < 1.29 is 14.7 Å². The quantitative estimate of drug-likeness (QED) is 0.694. The van der Waals surface area contributed by atoms with Gasteiger partial charge in [0.15, 0.2) is 0 Å². The number of amides is 1. The molecule has 1 heterocycles. The Morgan fingerprint density at radius 1 is 1.00 bits per heavy atom. The molecule has 0 unspecified atom stereocenters. The minimum atomic E-state index is -0.995. The SMILES string of the molecule is O=C(CSc1ccc2ccccc2n1)Nc1ccc(C(=O)O)cc1. The van der Waals surface area contributed by atoms with Crippen LogP contribution in [-0.2, 0) is 4.79 Å². The first-order valence-corrected chi connectivity index (χ1v) is 8.22. The number of fused-ring (bicyclic) bond motifs is 1. The Kier molecular flexibility index (Phi) is 4.77. The van der Waals surface area contributed by atoms with Crippen LogP contribution >= 0.6 is 11.8 Å². The second-order valence-electron chi connectivity index (χ2n) is 5.06. The van der Waals surface area contributed by atoms with Crippen molar-refractivity contribution in [3.8, 4) is 0 Å². The normalized spacial score (nSPS) is 10.5. The first-order valence-electron chi connectivity index (χ1n) is 7.23. The van der Waals surface area contributed by atoms with Crippen molar-refractivity contribution in [1.82, 2.24) is 4.98 Å². The molecule has 0 aliphatic heterocycles. The van der Waals surface area contributed by atoms with Gasteiger partial charge in [-0.3, -0.25) is 4.79 Å². The number of aromatic carboxylic acids is 1. The van der Waals surface area contributed by atoms with Gasteiger partial charge in [-0.2, -0.15) is 0 Å². The summed E-state index contributed by atoms with van der Waals surface area (Å²) in [6, 6.07) is 17.7. The Balaban J connectivity index is 1.59. The molecule has 2 N–H and O–H groups in total. The third-order valence-electron chi connectivity index (χ3n) is 3.34. The first kappa shape index (κ1) is 16.0. The van der Waals surface area contributed by atoms with Crippen LogP contribution in [0.3, 0.4) is 0 Å². The summed E-state index contributed by atoms with van der Waals surface area (Å²) in [4.78, 5) is 27.3. The molecule has 5 nitrogen and oxygen atoms in total. The molecule has 0 radical (unpaired) electrons. The smallest absolute Gasteiger partial charge is 0.335 e. The summed E-state index contributed by atoms with van der Waals surface area (Å²) in [6.07, 6.45) is 0. The van der Waals surface area contributed by atoms with E-state index in [0.717, 1.165) is 15.9 Å². The van der Waals surface area contributed by atoms with E-state index in [4.69, 9.17) is 5.11 Å². The van der Waals surface area contributed by atoms with Crippen molar-refractivity contribution >= 4 is 40.2 Å². The molecule has 6 heteroatoms. The van der Waals surface area contributed by atoms with Crippen LogP contribution in [0, 0.1) is 0 Å². The van der Waals surface area contributed by atoms with E-state index in [2.05, 4.69) is 10.3 Å². The number of thioether (sulfide) groups is 1. The van der Waals surface area contributed by atoms with Gasteiger partial charge < -0.3 is 10.4 Å². The highest BCUT2D eigenvalue weighted by molar-refractivity contribution is 7.99. The zero-order chi connectivity index (χ0) is 16.9. The molecular formula is C18H14N2O3S. The number of rotatable bonds is 5. The number of pyridine rings is 1. The molecule has 0 aliphatic rings. The average Bonchev–Trinajstić information content (AvgIpc) is 2.60. The summed E-state index contributed by atoms with van der Waals surface area (Å²) in [7, 11) is 0. The molecule has 0 spiro atoms. The zero-order valence-electron chi connectivity index (χ0n) is 12.6. The zero-order valence-corrected chi connectivity index (χ0v) is 13.4. The van der Waals surface area contributed by atoms with Gasteiger partial charge in [0, 0.05) is 11.1 Å². The summed E-state index contributed by atoms with van der Waals surface area (Å²) in [5.74, 6) is -0.935. The van der Waals surface area contributed by atoms with Crippen molar-refractivity contribution in [2.45, 2.75) is 5.03 Å². The second kappa shape index (κ2) is 7.14. The third kappa shape index (κ3) is 3.91. The Morgan fingerprint density at radius 2 is 1.75 bits per heavy atom. The van der Waals surface area contributed by atoms with Crippen molar-refractivity contribution in [3.63, 3.8) is 0 Å². The lowest BCUT2D eigenvalue weighted by atomic mass is 10.2. The number of carbonyl (C=O) groups is 2. The Hall–Kier alpha value is -2.86. The molecule has 1 amide bonds. The molecule has 24 heavy (non-hydrogen) atoms. The number of anilines is 1. The van der Waals surface area contributed by atoms with E-state index < -0.39 is 5.97 Å². The Labute approximate surface area is 142 Å². The molecular weight excluding hydrogens is 324 g/mol. The topological polar surface area (TPSA) is 79.3 Å². The van der Waals surface area contributed by atoms with Crippen LogP contribution in [0.4, 0.5) is 5.69 Å². The highest BCUT2D eigenvalue weighted by Crippen LogP contribution is 2.20. The van der Waals surface area contributed by atoms with Crippen molar-refractivity contribution in [1.29, 1.82) is 0 Å². The number of hydrogen-bond donors (Lipinski definition) is 2. The van der Waals surface area contributed by atoms with Gasteiger partial charge in [0.1, 0.15) is 0 Å². The van der Waals surface area contributed by atoms with E-state index >= 15 is 0 Å². The molecule has 0 saturated carbocycles. The van der Waals surface area contributed by atoms with E-state index in [1.54, 1.807) is 12.1 Å². The maximum Gasteiger partial charge on any atom is 0.335 e. The number of nitrogens with one attached hydrogen (secondary N) is 1. The molecule has 3 rings (SSSR count). The number of carboxylic acids is 1. The minimum absolute atomic E-state index is 0.168. The fourth-order valence-electron chi connectivity index (χ4n) is 2.16. The largest absolute Gasteiger partial charge is 0.478 e. The van der Waals surface area contributed by atoms with E-state index in [9.17, 15) is 9.59 Å². The highest BCUT2D eigenvalue weighted by atomic mass is 32.2. The van der Waals surface area contributed by atoms with Crippen molar-refractivity contribution in [3.05, 3.63) is 66.2 Å². The van der Waals surface area contributed by atoms with Gasteiger partial charge in [0.25, 0.3) is 0 Å². The summed E-state index contributed by atoms with van der Waals surface area (Å²) in [5, 5.41) is 13.4. The van der Waals surface area contributed by atoms with E-state index in [1.165, 1.54) is 23.9 Å². The van der Waals surface area contributed by atoms with E-state index in [-0.39, 0.29) is 17.2 Å². The minimum Gasteiger partial charge on any atom is -0.478 e. The standard InChI is InChI=1S/C18H14N2O3S/c21-16(19-14-8-5-13(6-9-14)18(22)23)11-24-17-10-7-12-3-1-2-4-15(12)20-17/h1-10H,11H2,(H,19,21)(H,22,23). The predicted octanol–water partition coefficient (Wildman–Crippen LogP) is 3.66. The van der Waals surface area contributed by atoms with Crippen molar-refractivity contribution in [2.75, 3.05) is 11.1 Å². The predicted molar refractivity (Wildman–Crippen MR) is 94.5 cm³/mol. The molecule has 0 aliphatic carbocycles. The summed E-state index contributed by atoms with van der Waals surface area (Å²) < 4.78 is 0. The molecule has 3 aromatic rings. The van der Waals surface area contributed by atoms with Gasteiger partial charge in [-0.25, -0.2) is 9.78 Å². The Bertz CT molecular complexity index is 894. The van der Waals surface area contributed by atoms with Gasteiger partial charge in [0.05, 0.1) is 21.9 Å². The summed E-state index contributed by atoms with van der Waals surface area (Å²) in [6.45, 7) is 0. The fourth-order valence-corrected chi connectivity index (χ4v) is 2.84. The van der Waals surface area contributed by atoms with Crippen LogP contribution in [0.2, 0.25) is 0 Å². The lowest BCUT2D eigenvalue weighted by molar-refractivity contribution is -0.113. The fraction of sp³-hybridized carbons (Fsp3) is 0.0556. The monoisotopic (exact) mass is 338 g/mol. The lowest BCUT2D eigenvalue weighted by Crippen LogP contribution is -2.14. The maximum atomic E-state index is 12.0. The molecule has 1 aromatic heterocycles. The molecule has 120 valence electrons. The molecule has 0 atom stereocenters. The molecule has 0 fully saturated rings. The van der Waals surface area contributed by atoms with E-state index in [0.29, 0.717) is 5.69 Å². The summed E-state index contributed by atoms with van der Waals surface area (Å²) >= 11 is 1.35. The van der Waals surface area contributed by atoms with Gasteiger partial charge in [0.2, 0.25) is 5.91 Å².